The number of nitrogens with two attached hydrogens (primary N) is 1. The van der Waals surface area contributed by atoms with Crippen LogP contribution in [0.15, 0.2) is 54.6 Å². The van der Waals surface area contributed by atoms with Crippen molar-refractivity contribution in [2.24, 2.45) is 5.73 Å². The van der Waals surface area contributed by atoms with Crippen molar-refractivity contribution in [3.63, 3.8) is 0 Å². The van der Waals surface area contributed by atoms with E-state index in [1.165, 1.54) is 12.0 Å². The minimum atomic E-state index is 0.0976. The maximum absolute atomic E-state index is 9.58. The first-order chi connectivity index (χ1) is 9.71. The van der Waals surface area contributed by atoms with Gasteiger partial charge in [-0.1, -0.05) is 48.9 Å². The summed E-state index contributed by atoms with van der Waals surface area (Å²) in [5.41, 5.74) is 9.14. The molecule has 0 radical (unpaired) electrons. The Morgan fingerprint density at radius 3 is 2.40 bits per heavy atom. The normalized spacial score (nSPS) is 18.2. The Hall–Kier alpha value is -1.80. The molecule has 1 unspecified atom stereocenters. The van der Waals surface area contributed by atoms with Gasteiger partial charge in [0.2, 0.25) is 0 Å². The Morgan fingerprint density at radius 2 is 1.80 bits per heavy atom. The molecule has 1 aliphatic carbocycles. The first-order valence-corrected chi connectivity index (χ1v) is 7.30. The zero-order chi connectivity index (χ0) is 14.0. The number of benzene rings is 2. The highest BCUT2D eigenvalue weighted by molar-refractivity contribution is 5.33. The Morgan fingerprint density at radius 1 is 1.05 bits per heavy atom. The van der Waals surface area contributed by atoms with Gasteiger partial charge in [0.1, 0.15) is 5.75 Å². The van der Waals surface area contributed by atoms with Crippen molar-refractivity contribution in [3.05, 3.63) is 65.7 Å². The van der Waals surface area contributed by atoms with Crippen LogP contribution in [0, 0.1) is 0 Å². The van der Waals surface area contributed by atoms with E-state index in [0.717, 1.165) is 24.8 Å². The minimum Gasteiger partial charge on any atom is -0.508 e. The second-order valence-electron chi connectivity index (χ2n) is 5.86. The summed E-state index contributed by atoms with van der Waals surface area (Å²) in [6.07, 6.45) is 4.39. The average molecular weight is 267 g/mol. The molecule has 2 aromatic carbocycles. The third kappa shape index (κ3) is 2.32. The van der Waals surface area contributed by atoms with Crippen molar-refractivity contribution in [3.8, 4) is 5.75 Å². The zero-order valence-corrected chi connectivity index (χ0v) is 11.6. The highest BCUT2D eigenvalue weighted by Gasteiger charge is 2.43. The highest BCUT2D eigenvalue weighted by atomic mass is 16.3. The first-order valence-electron chi connectivity index (χ1n) is 7.30. The van der Waals surface area contributed by atoms with E-state index in [-0.39, 0.29) is 11.5 Å². The molecule has 0 spiro atoms. The maximum Gasteiger partial charge on any atom is 0.115 e. The molecule has 3 N–H and O–H groups in total. The Labute approximate surface area is 120 Å². The molecule has 1 atom stereocenters. The number of rotatable bonds is 4. The van der Waals surface area contributed by atoms with E-state index in [9.17, 15) is 5.11 Å². The summed E-state index contributed by atoms with van der Waals surface area (Å²) < 4.78 is 0. The van der Waals surface area contributed by atoms with Crippen molar-refractivity contribution < 1.29 is 5.11 Å². The number of phenolic OH excluding ortho intramolecular Hbond substituents is 1. The van der Waals surface area contributed by atoms with Crippen molar-refractivity contribution >= 4 is 0 Å². The summed E-state index contributed by atoms with van der Waals surface area (Å²) in [5.74, 6) is 0.317. The van der Waals surface area contributed by atoms with E-state index in [0.29, 0.717) is 5.75 Å². The number of hydrogen-bond acceptors (Lipinski definition) is 2. The fourth-order valence-corrected chi connectivity index (χ4v) is 3.33. The molecule has 104 valence electrons. The van der Waals surface area contributed by atoms with Crippen LogP contribution in [0.2, 0.25) is 0 Å². The molecule has 3 rings (SSSR count). The van der Waals surface area contributed by atoms with E-state index < -0.39 is 0 Å². The lowest BCUT2D eigenvalue weighted by atomic mass is 9.59. The van der Waals surface area contributed by atoms with Gasteiger partial charge in [-0.2, -0.15) is 0 Å². The molecule has 2 heteroatoms. The van der Waals surface area contributed by atoms with E-state index in [2.05, 4.69) is 30.3 Å². The summed E-state index contributed by atoms with van der Waals surface area (Å²) >= 11 is 0. The largest absolute Gasteiger partial charge is 0.508 e. The van der Waals surface area contributed by atoms with E-state index in [1.807, 2.05) is 18.2 Å². The molecule has 0 aliphatic heterocycles. The molecule has 0 heterocycles. The zero-order valence-electron chi connectivity index (χ0n) is 11.6. The topological polar surface area (TPSA) is 46.2 Å². The molecule has 0 amide bonds. The van der Waals surface area contributed by atoms with Gasteiger partial charge in [-0.15, -0.1) is 0 Å². The Bertz CT molecular complexity index is 575. The van der Waals surface area contributed by atoms with Crippen molar-refractivity contribution in [2.45, 2.75) is 37.1 Å². The van der Waals surface area contributed by atoms with Gasteiger partial charge in [-0.3, -0.25) is 0 Å². The second kappa shape index (κ2) is 5.29. The predicted octanol–water partition coefficient (Wildman–Crippen LogP) is 3.38. The van der Waals surface area contributed by atoms with Crippen LogP contribution in [0.25, 0.3) is 0 Å². The summed E-state index contributed by atoms with van der Waals surface area (Å²) in [4.78, 5) is 0. The summed E-state index contributed by atoms with van der Waals surface area (Å²) in [5, 5.41) is 9.58. The minimum absolute atomic E-state index is 0.0976. The molecule has 20 heavy (non-hydrogen) atoms. The van der Waals surface area contributed by atoms with Crippen LogP contribution in [0.5, 0.6) is 5.75 Å². The third-order valence-corrected chi connectivity index (χ3v) is 4.67. The fraction of sp³-hybridized carbons (Fsp3) is 0.333. The molecule has 0 bridgehead atoms. The van der Waals surface area contributed by atoms with Crippen LogP contribution in [0.1, 0.15) is 30.4 Å². The van der Waals surface area contributed by atoms with Gasteiger partial charge in [0.25, 0.3) is 0 Å². The van der Waals surface area contributed by atoms with Gasteiger partial charge >= 0.3 is 0 Å². The predicted molar refractivity (Wildman–Crippen MR) is 81.8 cm³/mol. The number of hydrogen-bond donors (Lipinski definition) is 2. The third-order valence-electron chi connectivity index (χ3n) is 4.67. The smallest absolute Gasteiger partial charge is 0.115 e. The van der Waals surface area contributed by atoms with Gasteiger partial charge in [0.05, 0.1) is 0 Å². The Kier molecular flexibility index (Phi) is 3.49. The van der Waals surface area contributed by atoms with Crippen molar-refractivity contribution in [1.29, 1.82) is 0 Å². The lowest BCUT2D eigenvalue weighted by Crippen LogP contribution is -2.51. The summed E-state index contributed by atoms with van der Waals surface area (Å²) in [6.45, 7) is 0. The molecular weight excluding hydrogens is 246 g/mol. The lowest BCUT2D eigenvalue weighted by molar-refractivity contribution is 0.194. The van der Waals surface area contributed by atoms with Crippen LogP contribution in [0.3, 0.4) is 0 Å². The maximum atomic E-state index is 9.58. The average Bonchev–Trinajstić information content (AvgIpc) is 2.38. The van der Waals surface area contributed by atoms with Gasteiger partial charge < -0.3 is 10.8 Å². The van der Waals surface area contributed by atoms with Crippen LogP contribution in [-0.4, -0.2) is 11.1 Å². The molecule has 1 aliphatic rings. The fourth-order valence-electron chi connectivity index (χ4n) is 3.33. The lowest BCUT2D eigenvalue weighted by Gasteiger charge is -2.47. The van der Waals surface area contributed by atoms with Crippen LogP contribution < -0.4 is 5.73 Å². The monoisotopic (exact) mass is 267 g/mol. The van der Waals surface area contributed by atoms with Crippen LogP contribution in [-0.2, 0) is 11.8 Å². The molecular formula is C18H21NO. The van der Waals surface area contributed by atoms with Crippen molar-refractivity contribution in [1.82, 2.24) is 0 Å². The van der Waals surface area contributed by atoms with E-state index in [4.69, 9.17) is 5.73 Å². The standard InChI is InChI=1S/C18H21NO/c19-17(13-14-6-4-9-16(20)12-14)18(10-5-11-18)15-7-2-1-3-8-15/h1-4,6-9,12,17,20H,5,10-11,13,19H2. The van der Waals surface area contributed by atoms with Gasteiger partial charge in [-0.05, 0) is 42.5 Å². The molecule has 0 aromatic heterocycles. The van der Waals surface area contributed by atoms with Crippen LogP contribution >= 0.6 is 0 Å². The molecule has 1 fully saturated rings. The highest BCUT2D eigenvalue weighted by Crippen LogP contribution is 2.46. The SMILES string of the molecule is NC(Cc1cccc(O)c1)C1(c2ccccc2)CCC1. The molecule has 2 aromatic rings. The number of aromatic hydroxyl groups is 1. The molecule has 0 saturated heterocycles. The van der Waals surface area contributed by atoms with Gasteiger partial charge in [0.15, 0.2) is 0 Å². The van der Waals surface area contributed by atoms with Crippen LogP contribution in [0.4, 0.5) is 0 Å². The van der Waals surface area contributed by atoms with Crippen molar-refractivity contribution in [2.75, 3.05) is 0 Å². The van der Waals surface area contributed by atoms with E-state index in [1.54, 1.807) is 6.07 Å². The summed E-state index contributed by atoms with van der Waals surface area (Å²) in [6, 6.07) is 18.2. The first kappa shape index (κ1) is 13.2. The van der Waals surface area contributed by atoms with E-state index >= 15 is 0 Å². The Balaban J connectivity index is 1.83. The summed E-state index contributed by atoms with van der Waals surface area (Å²) in [7, 11) is 0. The quantitative estimate of drug-likeness (QED) is 0.892. The molecule has 1 saturated carbocycles. The number of phenols is 1. The molecule has 2 nitrogen and oxygen atoms in total. The van der Waals surface area contributed by atoms with Gasteiger partial charge in [0, 0.05) is 11.5 Å². The second-order valence-corrected chi connectivity index (χ2v) is 5.86. The van der Waals surface area contributed by atoms with Gasteiger partial charge in [-0.25, -0.2) is 0 Å².